The van der Waals surface area contributed by atoms with Crippen molar-refractivity contribution in [3.05, 3.63) is 0 Å². The van der Waals surface area contributed by atoms with Crippen LogP contribution in [0.4, 0.5) is 0 Å². The number of carbonyl (C=O) groups excluding carboxylic acids is 1. The van der Waals surface area contributed by atoms with E-state index in [4.69, 9.17) is 23.7 Å². The van der Waals surface area contributed by atoms with E-state index in [0.29, 0.717) is 65.9 Å². The highest BCUT2D eigenvalue weighted by atomic mass is 33.1. The first-order valence-electron chi connectivity index (χ1n) is 9.57. The zero-order chi connectivity index (χ0) is 18.7. The highest BCUT2D eigenvalue weighted by Gasteiger charge is 2.15. The fourth-order valence-corrected chi connectivity index (χ4v) is 5.32. The Labute approximate surface area is 165 Å². The second kappa shape index (κ2) is 18.4. The maximum absolute atomic E-state index is 11.6. The Bertz CT molecular complexity index is 327. The molecule has 1 rings (SSSR count). The van der Waals surface area contributed by atoms with Crippen LogP contribution in [0.15, 0.2) is 0 Å². The lowest BCUT2D eigenvalue weighted by Crippen LogP contribution is -2.14. The van der Waals surface area contributed by atoms with Crippen molar-refractivity contribution in [2.75, 3.05) is 65.2 Å². The van der Waals surface area contributed by atoms with Crippen LogP contribution >= 0.6 is 21.6 Å². The Balaban J connectivity index is 1.72. The fourth-order valence-electron chi connectivity index (χ4n) is 2.30. The fraction of sp³-hybridized carbons (Fsp3) is 0.944. The van der Waals surface area contributed by atoms with Crippen LogP contribution in [0.1, 0.15) is 39.0 Å². The monoisotopic (exact) mass is 410 g/mol. The third-order valence-electron chi connectivity index (χ3n) is 3.70. The number of hydrogen-bond acceptors (Lipinski definition) is 8. The van der Waals surface area contributed by atoms with Gasteiger partial charge in [-0.25, -0.2) is 0 Å². The van der Waals surface area contributed by atoms with Crippen LogP contribution in [0.2, 0.25) is 0 Å². The quantitative estimate of drug-likeness (QED) is 0.194. The summed E-state index contributed by atoms with van der Waals surface area (Å²) >= 11 is 0. The first-order valence-corrected chi connectivity index (χ1v) is 12.0. The van der Waals surface area contributed by atoms with Gasteiger partial charge in [0.05, 0.1) is 46.2 Å². The number of hydrogen-bond donors (Lipinski definition) is 0. The summed E-state index contributed by atoms with van der Waals surface area (Å²) in [4.78, 5) is 11.6. The van der Waals surface area contributed by atoms with Crippen LogP contribution in [0.3, 0.4) is 0 Å². The molecule has 0 N–H and O–H groups in total. The van der Waals surface area contributed by atoms with Gasteiger partial charge >= 0.3 is 5.97 Å². The van der Waals surface area contributed by atoms with Crippen LogP contribution in [-0.2, 0) is 28.5 Å². The number of esters is 1. The van der Waals surface area contributed by atoms with E-state index >= 15 is 0 Å². The van der Waals surface area contributed by atoms with Crippen molar-refractivity contribution in [2.45, 2.75) is 44.3 Å². The molecule has 26 heavy (non-hydrogen) atoms. The van der Waals surface area contributed by atoms with E-state index in [1.165, 1.54) is 18.6 Å². The zero-order valence-corrected chi connectivity index (χ0v) is 17.6. The van der Waals surface area contributed by atoms with Crippen molar-refractivity contribution in [3.8, 4) is 0 Å². The van der Waals surface area contributed by atoms with Crippen LogP contribution < -0.4 is 0 Å². The summed E-state index contributed by atoms with van der Waals surface area (Å²) in [5.74, 6) is 1.15. The number of rotatable bonds is 18. The Morgan fingerprint density at radius 2 is 1.50 bits per heavy atom. The molecule has 6 nitrogen and oxygen atoms in total. The minimum Gasteiger partial charge on any atom is -0.463 e. The van der Waals surface area contributed by atoms with E-state index < -0.39 is 0 Å². The SMILES string of the molecule is CCOCCOCCOCCOCCOC(=O)CCCCC1CCSS1. The summed E-state index contributed by atoms with van der Waals surface area (Å²) in [6.07, 6.45) is 5.06. The molecule has 1 fully saturated rings. The van der Waals surface area contributed by atoms with Gasteiger partial charge < -0.3 is 23.7 Å². The molecule has 0 aliphatic carbocycles. The van der Waals surface area contributed by atoms with Crippen molar-refractivity contribution >= 4 is 27.6 Å². The van der Waals surface area contributed by atoms with Crippen LogP contribution in [0.5, 0.6) is 0 Å². The van der Waals surface area contributed by atoms with Gasteiger partial charge in [-0.15, -0.1) is 0 Å². The average Bonchev–Trinajstić information content (AvgIpc) is 3.16. The molecular formula is C18H34O6S2. The van der Waals surface area contributed by atoms with Crippen molar-refractivity contribution in [2.24, 2.45) is 0 Å². The molecule has 0 aromatic carbocycles. The predicted octanol–water partition coefficient (Wildman–Crippen LogP) is 3.33. The molecule has 1 saturated heterocycles. The topological polar surface area (TPSA) is 63.2 Å². The number of unbranched alkanes of at least 4 members (excludes halogenated alkanes) is 1. The molecule has 1 aliphatic rings. The molecule has 0 bridgehead atoms. The molecule has 8 heteroatoms. The molecule has 154 valence electrons. The molecule has 0 aromatic heterocycles. The maximum atomic E-state index is 11.6. The standard InChI is InChI=1S/C18H34O6S2/c1-2-20-8-9-21-10-11-22-12-13-23-14-15-24-18(19)6-4-3-5-17-7-16-25-26-17/h17H,2-16H2,1H3. The molecule has 0 saturated carbocycles. The molecule has 1 heterocycles. The summed E-state index contributed by atoms with van der Waals surface area (Å²) in [6, 6.07) is 0. The Hall–Kier alpha value is 0.0100. The molecule has 0 spiro atoms. The normalized spacial score (nSPS) is 16.9. The molecule has 1 unspecified atom stereocenters. The smallest absolute Gasteiger partial charge is 0.305 e. The highest BCUT2D eigenvalue weighted by molar-refractivity contribution is 8.77. The second-order valence-electron chi connectivity index (χ2n) is 5.83. The largest absolute Gasteiger partial charge is 0.463 e. The van der Waals surface area contributed by atoms with Crippen molar-refractivity contribution in [1.82, 2.24) is 0 Å². The number of carbonyl (C=O) groups is 1. The maximum Gasteiger partial charge on any atom is 0.305 e. The minimum absolute atomic E-state index is 0.123. The highest BCUT2D eigenvalue weighted by Crippen LogP contribution is 2.39. The molecule has 1 atom stereocenters. The van der Waals surface area contributed by atoms with E-state index in [1.54, 1.807) is 0 Å². The van der Waals surface area contributed by atoms with E-state index in [1.807, 2.05) is 28.5 Å². The summed E-state index contributed by atoms with van der Waals surface area (Å²) in [5.41, 5.74) is 0. The first kappa shape index (κ1) is 24.0. The van der Waals surface area contributed by atoms with Gasteiger partial charge in [0.1, 0.15) is 6.61 Å². The van der Waals surface area contributed by atoms with E-state index in [9.17, 15) is 4.79 Å². The Morgan fingerprint density at radius 1 is 0.885 bits per heavy atom. The molecule has 0 radical (unpaired) electrons. The molecule has 0 aromatic rings. The predicted molar refractivity (Wildman–Crippen MR) is 107 cm³/mol. The summed E-state index contributed by atoms with van der Waals surface area (Å²) in [5, 5.41) is 0.785. The van der Waals surface area contributed by atoms with Crippen molar-refractivity contribution < 1.29 is 28.5 Å². The average molecular weight is 411 g/mol. The Kier molecular flexibility index (Phi) is 17.0. The van der Waals surface area contributed by atoms with E-state index in [0.717, 1.165) is 18.1 Å². The third kappa shape index (κ3) is 15.1. The summed E-state index contributed by atoms with van der Waals surface area (Å²) in [6.45, 7) is 6.73. The summed E-state index contributed by atoms with van der Waals surface area (Å²) < 4.78 is 26.4. The van der Waals surface area contributed by atoms with Gasteiger partial charge in [-0.3, -0.25) is 4.79 Å². The van der Waals surface area contributed by atoms with Gasteiger partial charge in [-0.2, -0.15) is 0 Å². The lowest BCUT2D eigenvalue weighted by Gasteiger charge is -2.08. The van der Waals surface area contributed by atoms with Gasteiger partial charge in [-0.05, 0) is 26.2 Å². The van der Waals surface area contributed by atoms with E-state index in [2.05, 4.69) is 0 Å². The Morgan fingerprint density at radius 3 is 2.08 bits per heavy atom. The van der Waals surface area contributed by atoms with Crippen LogP contribution in [-0.4, -0.2) is 76.4 Å². The van der Waals surface area contributed by atoms with E-state index in [-0.39, 0.29) is 5.97 Å². The molecule has 1 aliphatic heterocycles. The molecular weight excluding hydrogens is 376 g/mol. The molecule has 0 amide bonds. The van der Waals surface area contributed by atoms with Crippen LogP contribution in [0, 0.1) is 0 Å². The van der Waals surface area contributed by atoms with Crippen LogP contribution in [0.25, 0.3) is 0 Å². The summed E-state index contributed by atoms with van der Waals surface area (Å²) in [7, 11) is 3.96. The second-order valence-corrected chi connectivity index (χ2v) is 8.62. The van der Waals surface area contributed by atoms with Gasteiger partial charge in [0, 0.05) is 24.0 Å². The number of ether oxygens (including phenoxy) is 5. The lowest BCUT2D eigenvalue weighted by molar-refractivity contribution is -0.145. The minimum atomic E-state index is -0.123. The van der Waals surface area contributed by atoms with Gasteiger partial charge in [0.2, 0.25) is 0 Å². The van der Waals surface area contributed by atoms with Crippen molar-refractivity contribution in [3.63, 3.8) is 0 Å². The first-order chi connectivity index (χ1) is 12.8. The third-order valence-corrected chi connectivity index (χ3v) is 6.70. The van der Waals surface area contributed by atoms with Gasteiger partial charge in [-0.1, -0.05) is 28.0 Å². The zero-order valence-electron chi connectivity index (χ0n) is 15.9. The lowest BCUT2D eigenvalue weighted by atomic mass is 10.1. The van der Waals surface area contributed by atoms with Gasteiger partial charge in [0.15, 0.2) is 0 Å². The van der Waals surface area contributed by atoms with Gasteiger partial charge in [0.25, 0.3) is 0 Å². The van der Waals surface area contributed by atoms with Crippen molar-refractivity contribution in [1.29, 1.82) is 0 Å².